The third-order valence-corrected chi connectivity index (χ3v) is 4.99. The van der Waals surface area contributed by atoms with Crippen LogP contribution in [0, 0.1) is 0 Å². The minimum atomic E-state index is -0.0961. The second kappa shape index (κ2) is 7.38. The number of amides is 1. The first kappa shape index (κ1) is 17.0. The molecule has 1 aromatic heterocycles. The predicted molar refractivity (Wildman–Crippen MR) is 101 cm³/mol. The summed E-state index contributed by atoms with van der Waals surface area (Å²) in [6.07, 6.45) is 3.38. The van der Waals surface area contributed by atoms with E-state index in [2.05, 4.69) is 9.98 Å². The van der Waals surface area contributed by atoms with Crippen molar-refractivity contribution in [3.05, 3.63) is 63.2 Å². The van der Waals surface area contributed by atoms with Crippen LogP contribution < -0.4 is 0 Å². The van der Waals surface area contributed by atoms with E-state index in [4.69, 9.17) is 23.2 Å². The van der Waals surface area contributed by atoms with Crippen LogP contribution in [-0.2, 0) is 4.79 Å². The molecule has 2 aromatic rings. The molecular formula is C17H13Cl2N3OS. The van der Waals surface area contributed by atoms with E-state index >= 15 is 0 Å². The first-order valence-corrected chi connectivity index (χ1v) is 8.82. The fraction of sp³-hybridized carbons (Fsp3) is 0.118. The smallest absolute Gasteiger partial charge is 0.266 e. The van der Waals surface area contributed by atoms with E-state index in [1.165, 1.54) is 11.8 Å². The van der Waals surface area contributed by atoms with Crippen molar-refractivity contribution in [2.45, 2.75) is 6.92 Å². The van der Waals surface area contributed by atoms with Crippen LogP contribution in [0.25, 0.3) is 6.08 Å². The van der Waals surface area contributed by atoms with Crippen molar-refractivity contribution in [3.63, 3.8) is 0 Å². The maximum Gasteiger partial charge on any atom is 0.266 e. The first-order chi connectivity index (χ1) is 11.6. The van der Waals surface area contributed by atoms with E-state index in [0.29, 0.717) is 32.5 Å². The molecule has 0 spiro atoms. The van der Waals surface area contributed by atoms with Crippen LogP contribution in [0.5, 0.6) is 0 Å². The van der Waals surface area contributed by atoms with Crippen LogP contribution >= 0.6 is 35.0 Å². The average molecular weight is 378 g/mol. The molecule has 0 bridgehead atoms. The first-order valence-electron chi connectivity index (χ1n) is 7.25. The molecule has 2 heterocycles. The molecule has 1 aliphatic rings. The van der Waals surface area contributed by atoms with Gasteiger partial charge in [0, 0.05) is 17.8 Å². The Balaban J connectivity index is 1.98. The number of halogens is 2. The molecule has 0 saturated carbocycles. The number of amidine groups is 1. The standard InChI is InChI=1S/C17H13Cl2N3OS/c1-2-22-16(23)14(10-11-6-3-4-7-12(11)18)24-17(22)21-13-8-5-9-20-15(13)19/h3-10H,2H2,1H3/b14-10-,21-17?. The fourth-order valence-corrected chi connectivity index (χ4v) is 3.57. The quantitative estimate of drug-likeness (QED) is 0.557. The normalized spacial score (nSPS) is 18.0. The van der Waals surface area contributed by atoms with E-state index in [1.54, 1.807) is 35.4 Å². The topological polar surface area (TPSA) is 45.6 Å². The van der Waals surface area contributed by atoms with E-state index in [9.17, 15) is 4.79 Å². The number of hydrogen-bond donors (Lipinski definition) is 0. The van der Waals surface area contributed by atoms with Crippen LogP contribution in [0.1, 0.15) is 12.5 Å². The van der Waals surface area contributed by atoms with Gasteiger partial charge in [0.15, 0.2) is 10.3 Å². The summed E-state index contributed by atoms with van der Waals surface area (Å²) in [5, 5.41) is 1.48. The number of aromatic nitrogens is 1. The van der Waals surface area contributed by atoms with Gasteiger partial charge in [0.25, 0.3) is 5.91 Å². The lowest BCUT2D eigenvalue weighted by Crippen LogP contribution is -2.28. The Bertz CT molecular complexity index is 851. The molecule has 0 unspecified atom stereocenters. The maximum atomic E-state index is 12.6. The summed E-state index contributed by atoms with van der Waals surface area (Å²) < 4.78 is 0. The van der Waals surface area contributed by atoms with Gasteiger partial charge in [0.05, 0.1) is 4.91 Å². The Hall–Kier alpha value is -1.82. The number of pyridine rings is 1. The van der Waals surface area contributed by atoms with E-state index < -0.39 is 0 Å². The molecule has 1 aromatic carbocycles. The van der Waals surface area contributed by atoms with Gasteiger partial charge >= 0.3 is 0 Å². The van der Waals surface area contributed by atoms with Gasteiger partial charge in [-0.1, -0.05) is 41.4 Å². The summed E-state index contributed by atoms with van der Waals surface area (Å²) in [5.41, 5.74) is 1.33. The van der Waals surface area contributed by atoms with Crippen LogP contribution in [0.4, 0.5) is 5.69 Å². The number of aliphatic imine (C=N–C) groups is 1. The Kier molecular flexibility index (Phi) is 5.23. The molecule has 24 heavy (non-hydrogen) atoms. The summed E-state index contributed by atoms with van der Waals surface area (Å²) in [6, 6.07) is 10.9. The maximum absolute atomic E-state index is 12.6. The summed E-state index contributed by atoms with van der Waals surface area (Å²) in [7, 11) is 0. The van der Waals surface area contributed by atoms with Crippen molar-refractivity contribution in [2.75, 3.05) is 6.54 Å². The molecule has 3 rings (SSSR count). The highest BCUT2D eigenvalue weighted by Gasteiger charge is 2.32. The number of carbonyl (C=O) groups excluding carboxylic acids is 1. The van der Waals surface area contributed by atoms with Crippen molar-refractivity contribution in [1.82, 2.24) is 9.88 Å². The highest BCUT2D eigenvalue weighted by Crippen LogP contribution is 2.35. The highest BCUT2D eigenvalue weighted by molar-refractivity contribution is 8.18. The molecule has 122 valence electrons. The number of rotatable bonds is 3. The monoisotopic (exact) mass is 377 g/mol. The number of thioether (sulfide) groups is 1. The molecule has 0 aliphatic carbocycles. The van der Waals surface area contributed by atoms with Gasteiger partial charge in [-0.15, -0.1) is 0 Å². The Morgan fingerprint density at radius 3 is 2.75 bits per heavy atom. The molecule has 7 heteroatoms. The van der Waals surface area contributed by atoms with Crippen molar-refractivity contribution in [2.24, 2.45) is 4.99 Å². The summed E-state index contributed by atoms with van der Waals surface area (Å²) in [5.74, 6) is -0.0961. The number of hydrogen-bond acceptors (Lipinski definition) is 4. The zero-order chi connectivity index (χ0) is 17.1. The van der Waals surface area contributed by atoms with E-state index in [0.717, 1.165) is 5.56 Å². The van der Waals surface area contributed by atoms with Gasteiger partial charge in [0.1, 0.15) is 5.69 Å². The van der Waals surface area contributed by atoms with Gasteiger partial charge in [-0.3, -0.25) is 9.69 Å². The summed E-state index contributed by atoms with van der Waals surface area (Å²) in [4.78, 5) is 23.3. The van der Waals surface area contributed by atoms with E-state index in [1.807, 2.05) is 25.1 Å². The fourth-order valence-electron chi connectivity index (χ4n) is 2.17. The number of carbonyl (C=O) groups is 1. The van der Waals surface area contributed by atoms with Crippen molar-refractivity contribution in [3.8, 4) is 0 Å². The largest absolute Gasteiger partial charge is 0.287 e. The van der Waals surface area contributed by atoms with Crippen molar-refractivity contribution < 1.29 is 4.79 Å². The lowest BCUT2D eigenvalue weighted by molar-refractivity contribution is -0.122. The third kappa shape index (κ3) is 3.48. The Morgan fingerprint density at radius 1 is 1.25 bits per heavy atom. The van der Waals surface area contributed by atoms with Crippen molar-refractivity contribution >= 4 is 57.8 Å². The molecule has 1 fully saturated rings. The lowest BCUT2D eigenvalue weighted by Gasteiger charge is -2.12. The molecule has 1 saturated heterocycles. The van der Waals surface area contributed by atoms with Crippen LogP contribution in [0.15, 0.2) is 52.5 Å². The zero-order valence-corrected chi connectivity index (χ0v) is 15.1. The minimum absolute atomic E-state index is 0.0961. The summed E-state index contributed by atoms with van der Waals surface area (Å²) in [6.45, 7) is 2.42. The van der Waals surface area contributed by atoms with Gasteiger partial charge in [-0.2, -0.15) is 0 Å². The Labute approximate surface area is 154 Å². The number of likely N-dealkylation sites (N-methyl/N-ethyl adjacent to an activating group) is 1. The van der Waals surface area contributed by atoms with Crippen LogP contribution in [-0.4, -0.2) is 27.5 Å². The van der Waals surface area contributed by atoms with Crippen LogP contribution in [0.3, 0.4) is 0 Å². The van der Waals surface area contributed by atoms with Gasteiger partial charge in [-0.25, -0.2) is 9.98 Å². The van der Waals surface area contributed by atoms with Gasteiger partial charge in [0.2, 0.25) is 0 Å². The molecule has 0 atom stereocenters. The second-order valence-corrected chi connectivity index (χ2v) is 6.66. The second-order valence-electron chi connectivity index (χ2n) is 4.89. The molecule has 1 aliphatic heterocycles. The molecular weight excluding hydrogens is 365 g/mol. The van der Waals surface area contributed by atoms with Crippen LogP contribution in [0.2, 0.25) is 10.2 Å². The minimum Gasteiger partial charge on any atom is -0.287 e. The summed E-state index contributed by atoms with van der Waals surface area (Å²) >= 11 is 13.5. The number of benzene rings is 1. The molecule has 1 amide bonds. The van der Waals surface area contributed by atoms with Crippen molar-refractivity contribution in [1.29, 1.82) is 0 Å². The predicted octanol–water partition coefficient (Wildman–Crippen LogP) is 5.01. The lowest BCUT2D eigenvalue weighted by atomic mass is 10.2. The Morgan fingerprint density at radius 2 is 2.04 bits per heavy atom. The van der Waals surface area contributed by atoms with Gasteiger partial charge < -0.3 is 0 Å². The van der Waals surface area contributed by atoms with E-state index in [-0.39, 0.29) is 5.91 Å². The third-order valence-electron chi connectivity index (χ3n) is 3.35. The molecule has 0 N–H and O–H groups in total. The highest BCUT2D eigenvalue weighted by atomic mass is 35.5. The van der Waals surface area contributed by atoms with Gasteiger partial charge in [-0.05, 0) is 48.5 Å². The number of nitrogens with zero attached hydrogens (tertiary/aromatic N) is 3. The zero-order valence-electron chi connectivity index (χ0n) is 12.7. The SMILES string of the molecule is CCN1C(=O)/C(=C/c2ccccc2Cl)SC1=Nc1cccnc1Cl. The molecule has 0 radical (unpaired) electrons. The molecule has 4 nitrogen and oxygen atoms in total. The average Bonchev–Trinajstić information content (AvgIpc) is 2.87.